The van der Waals surface area contributed by atoms with Crippen LogP contribution in [0.4, 0.5) is 4.39 Å². The number of halogens is 1. The molecule has 1 saturated heterocycles. The fraction of sp³-hybridized carbons (Fsp3) is 0.600. The number of amides is 2. The summed E-state index contributed by atoms with van der Waals surface area (Å²) < 4.78 is 13.3. The number of likely N-dealkylation sites (tertiary alicyclic amines) is 1. The molecule has 0 spiro atoms. The highest BCUT2D eigenvalue weighted by atomic mass is 19.1. The number of rotatable bonds is 5. The van der Waals surface area contributed by atoms with Crippen molar-refractivity contribution in [1.29, 1.82) is 0 Å². The Bertz CT molecular complexity index is 663. The van der Waals surface area contributed by atoms with Crippen LogP contribution in [0.15, 0.2) is 24.3 Å². The molecule has 3 rings (SSSR count). The van der Waals surface area contributed by atoms with Crippen LogP contribution >= 0.6 is 0 Å². The van der Waals surface area contributed by atoms with Gasteiger partial charge in [0.2, 0.25) is 11.8 Å². The maximum atomic E-state index is 13.3. The van der Waals surface area contributed by atoms with Crippen molar-refractivity contribution in [3.63, 3.8) is 0 Å². The molecule has 0 N–H and O–H groups in total. The SMILES string of the molecule is CCN1C(=O)CCC2(CN(C)C(=O)Cc3cccc(F)c3)CCCC12. The first-order chi connectivity index (χ1) is 11.9. The molecular weight excluding hydrogens is 319 g/mol. The summed E-state index contributed by atoms with van der Waals surface area (Å²) >= 11 is 0. The van der Waals surface area contributed by atoms with Gasteiger partial charge >= 0.3 is 0 Å². The average Bonchev–Trinajstić information content (AvgIpc) is 2.98. The average molecular weight is 346 g/mol. The zero-order chi connectivity index (χ0) is 18.0. The van der Waals surface area contributed by atoms with E-state index in [9.17, 15) is 14.0 Å². The molecule has 2 amide bonds. The van der Waals surface area contributed by atoms with Gasteiger partial charge in [0.15, 0.2) is 0 Å². The lowest BCUT2D eigenvalue weighted by molar-refractivity contribution is -0.143. The molecule has 1 aromatic carbocycles. The van der Waals surface area contributed by atoms with Crippen LogP contribution in [0.5, 0.6) is 0 Å². The maximum Gasteiger partial charge on any atom is 0.226 e. The standard InChI is InChI=1S/C20H27FN2O2/c1-3-23-17-8-5-10-20(17,11-9-18(23)24)14-22(2)19(25)13-15-6-4-7-16(21)12-15/h4,6-7,12,17H,3,5,8-11,13-14H2,1-2H3. The van der Waals surface area contributed by atoms with Crippen LogP contribution in [-0.2, 0) is 16.0 Å². The summed E-state index contributed by atoms with van der Waals surface area (Å²) in [5, 5.41) is 0. The van der Waals surface area contributed by atoms with Gasteiger partial charge < -0.3 is 9.80 Å². The third-order valence-electron chi connectivity index (χ3n) is 5.96. The fourth-order valence-electron chi connectivity index (χ4n) is 4.75. The quantitative estimate of drug-likeness (QED) is 0.822. The Kier molecular flexibility index (Phi) is 5.11. The molecule has 2 aliphatic rings. The highest BCUT2D eigenvalue weighted by Crippen LogP contribution is 2.48. The van der Waals surface area contributed by atoms with Gasteiger partial charge in [0.1, 0.15) is 5.82 Å². The smallest absolute Gasteiger partial charge is 0.226 e. The van der Waals surface area contributed by atoms with Crippen molar-refractivity contribution < 1.29 is 14.0 Å². The van der Waals surface area contributed by atoms with E-state index in [0.29, 0.717) is 18.5 Å². The lowest BCUT2D eigenvalue weighted by Crippen LogP contribution is -2.56. The van der Waals surface area contributed by atoms with Crippen molar-refractivity contribution in [1.82, 2.24) is 9.80 Å². The van der Waals surface area contributed by atoms with Crippen molar-refractivity contribution >= 4 is 11.8 Å². The van der Waals surface area contributed by atoms with E-state index in [4.69, 9.17) is 0 Å². The van der Waals surface area contributed by atoms with Crippen molar-refractivity contribution in [3.05, 3.63) is 35.6 Å². The number of carbonyl (C=O) groups is 2. The first-order valence-electron chi connectivity index (χ1n) is 9.23. The van der Waals surface area contributed by atoms with Crippen LogP contribution in [-0.4, -0.2) is 47.8 Å². The highest BCUT2D eigenvalue weighted by Gasteiger charge is 2.50. The molecule has 0 aromatic heterocycles. The molecule has 0 bridgehead atoms. The number of piperidine rings is 1. The molecule has 2 unspecified atom stereocenters. The number of carbonyl (C=O) groups excluding carboxylic acids is 2. The van der Waals surface area contributed by atoms with Gasteiger partial charge in [-0.2, -0.15) is 0 Å². The Hall–Kier alpha value is -1.91. The second-order valence-corrected chi connectivity index (χ2v) is 7.51. The minimum absolute atomic E-state index is 0.00516. The van der Waals surface area contributed by atoms with E-state index in [2.05, 4.69) is 0 Å². The molecule has 1 saturated carbocycles. The number of fused-ring (bicyclic) bond motifs is 1. The Morgan fingerprint density at radius 2 is 2.20 bits per heavy atom. The van der Waals surface area contributed by atoms with E-state index in [1.807, 2.05) is 18.9 Å². The molecule has 1 heterocycles. The van der Waals surface area contributed by atoms with Crippen LogP contribution in [0.1, 0.15) is 44.6 Å². The third kappa shape index (κ3) is 3.55. The molecule has 4 nitrogen and oxygen atoms in total. The van der Waals surface area contributed by atoms with E-state index in [0.717, 1.165) is 32.2 Å². The molecule has 136 valence electrons. The number of hydrogen-bond donors (Lipinski definition) is 0. The lowest BCUT2D eigenvalue weighted by atomic mass is 9.74. The van der Waals surface area contributed by atoms with E-state index in [-0.39, 0.29) is 35.5 Å². The first-order valence-corrected chi connectivity index (χ1v) is 9.23. The van der Waals surface area contributed by atoms with Crippen molar-refractivity contribution in [2.24, 2.45) is 5.41 Å². The van der Waals surface area contributed by atoms with E-state index in [1.54, 1.807) is 17.0 Å². The van der Waals surface area contributed by atoms with Gasteiger partial charge in [-0.1, -0.05) is 18.6 Å². The van der Waals surface area contributed by atoms with Crippen molar-refractivity contribution in [2.75, 3.05) is 20.1 Å². The minimum atomic E-state index is -0.313. The van der Waals surface area contributed by atoms with Gasteiger partial charge in [-0.3, -0.25) is 9.59 Å². The summed E-state index contributed by atoms with van der Waals surface area (Å²) in [5.74, 6) is -0.0591. The Balaban J connectivity index is 1.69. The number of benzene rings is 1. The molecule has 2 fully saturated rings. The molecule has 1 aromatic rings. The van der Waals surface area contributed by atoms with Gasteiger partial charge in [-0.15, -0.1) is 0 Å². The third-order valence-corrected chi connectivity index (χ3v) is 5.96. The zero-order valence-corrected chi connectivity index (χ0v) is 15.1. The fourth-order valence-corrected chi connectivity index (χ4v) is 4.75. The van der Waals surface area contributed by atoms with E-state index in [1.165, 1.54) is 12.1 Å². The minimum Gasteiger partial charge on any atom is -0.345 e. The van der Waals surface area contributed by atoms with E-state index < -0.39 is 0 Å². The first kappa shape index (κ1) is 17.9. The van der Waals surface area contributed by atoms with Crippen molar-refractivity contribution in [3.8, 4) is 0 Å². The Morgan fingerprint density at radius 3 is 2.92 bits per heavy atom. The summed E-state index contributed by atoms with van der Waals surface area (Å²) in [6.07, 6.45) is 4.87. The second-order valence-electron chi connectivity index (χ2n) is 7.51. The van der Waals surface area contributed by atoms with Crippen LogP contribution < -0.4 is 0 Å². The van der Waals surface area contributed by atoms with Gasteiger partial charge in [0.05, 0.1) is 6.42 Å². The summed E-state index contributed by atoms with van der Waals surface area (Å²) in [6.45, 7) is 3.45. The number of nitrogens with zero attached hydrogens (tertiary/aromatic N) is 2. The number of likely N-dealkylation sites (N-methyl/N-ethyl adjacent to an activating group) is 1. The number of hydrogen-bond acceptors (Lipinski definition) is 2. The highest BCUT2D eigenvalue weighted by molar-refractivity contribution is 5.79. The second kappa shape index (κ2) is 7.14. The Labute approximate surface area is 149 Å². The molecule has 5 heteroatoms. The summed E-state index contributed by atoms with van der Waals surface area (Å²) in [7, 11) is 1.83. The largest absolute Gasteiger partial charge is 0.345 e. The predicted octanol–water partition coefficient (Wildman–Crippen LogP) is 3.01. The molecule has 1 aliphatic carbocycles. The van der Waals surface area contributed by atoms with Gasteiger partial charge in [-0.05, 0) is 43.9 Å². The maximum absolute atomic E-state index is 13.3. The summed E-state index contributed by atoms with van der Waals surface area (Å²) in [6, 6.07) is 6.47. The summed E-state index contributed by atoms with van der Waals surface area (Å²) in [4.78, 5) is 28.6. The normalized spacial score (nSPS) is 25.8. The monoisotopic (exact) mass is 346 g/mol. The van der Waals surface area contributed by atoms with Gasteiger partial charge in [-0.25, -0.2) is 4.39 Å². The molecule has 2 atom stereocenters. The zero-order valence-electron chi connectivity index (χ0n) is 15.1. The molecule has 0 radical (unpaired) electrons. The molecule has 1 aliphatic heterocycles. The topological polar surface area (TPSA) is 40.6 Å². The molecular formula is C20H27FN2O2. The van der Waals surface area contributed by atoms with Crippen LogP contribution in [0, 0.1) is 11.2 Å². The van der Waals surface area contributed by atoms with Crippen molar-refractivity contribution in [2.45, 2.75) is 51.5 Å². The van der Waals surface area contributed by atoms with Crippen LogP contribution in [0.3, 0.4) is 0 Å². The van der Waals surface area contributed by atoms with E-state index >= 15 is 0 Å². The lowest BCUT2D eigenvalue weighted by Gasteiger charge is -2.47. The van der Waals surface area contributed by atoms with Gasteiger partial charge in [0, 0.05) is 38.0 Å². The predicted molar refractivity (Wildman–Crippen MR) is 94.4 cm³/mol. The van der Waals surface area contributed by atoms with Gasteiger partial charge in [0.25, 0.3) is 0 Å². The van der Waals surface area contributed by atoms with Crippen LogP contribution in [0.25, 0.3) is 0 Å². The molecule has 25 heavy (non-hydrogen) atoms. The Morgan fingerprint density at radius 1 is 1.40 bits per heavy atom. The summed E-state index contributed by atoms with van der Waals surface area (Å²) in [5.41, 5.74) is 0.724. The van der Waals surface area contributed by atoms with Crippen LogP contribution in [0.2, 0.25) is 0 Å².